The van der Waals surface area contributed by atoms with E-state index in [-0.39, 0.29) is 51.0 Å². The molecule has 0 unspecified atom stereocenters. The summed E-state index contributed by atoms with van der Waals surface area (Å²) < 4.78 is 0. The fourth-order valence-corrected chi connectivity index (χ4v) is 5.52. The van der Waals surface area contributed by atoms with Gasteiger partial charge < -0.3 is 24.8 Å². The Morgan fingerprint density at radius 2 is 0.862 bits per heavy atom. The van der Waals surface area contributed by atoms with Crippen molar-refractivity contribution in [3.63, 3.8) is 0 Å². The van der Waals surface area contributed by atoms with Crippen molar-refractivity contribution < 1.29 is 51.0 Å². The summed E-state index contributed by atoms with van der Waals surface area (Å²) in [5.74, 6) is 0. The van der Waals surface area contributed by atoms with E-state index in [1.165, 1.54) is 21.5 Å². The Morgan fingerprint density at radius 1 is 0.552 bits per heavy atom. The minimum Gasteiger partial charge on any atom is -1.00 e. The predicted molar refractivity (Wildman–Crippen MR) is 125 cm³/mol. The maximum absolute atomic E-state index is 2.39. The van der Waals surface area contributed by atoms with Crippen LogP contribution >= 0.6 is 0 Å². The SMILES string of the molecule is C[Si](C)(C)c1cc2ccccc2[cH-]1.C[Si](C)(C)c1cc2ccccc2[cH-]1.[Cl-].[Cl-].[Zr+4]. The van der Waals surface area contributed by atoms with Crippen molar-refractivity contribution in [3.05, 3.63) is 72.8 Å². The first-order chi connectivity index (χ1) is 12.1. The van der Waals surface area contributed by atoms with E-state index in [0.29, 0.717) is 0 Å². The number of hydrogen-bond donors (Lipinski definition) is 0. The average Bonchev–Trinajstić information content (AvgIpc) is 3.19. The Labute approximate surface area is 209 Å². The van der Waals surface area contributed by atoms with Crippen molar-refractivity contribution in [2.24, 2.45) is 0 Å². The van der Waals surface area contributed by atoms with Crippen molar-refractivity contribution in [2.45, 2.75) is 39.3 Å². The molecule has 0 radical (unpaired) electrons. The van der Waals surface area contributed by atoms with Crippen molar-refractivity contribution in [3.8, 4) is 0 Å². The zero-order valence-electron chi connectivity index (χ0n) is 18.2. The zero-order chi connectivity index (χ0) is 18.9. The largest absolute Gasteiger partial charge is 4.00 e. The summed E-state index contributed by atoms with van der Waals surface area (Å²) in [6.45, 7) is 14.3. The van der Waals surface area contributed by atoms with Crippen LogP contribution in [0.15, 0.2) is 72.8 Å². The first-order valence-electron chi connectivity index (χ1n) is 9.46. The molecule has 0 aliphatic rings. The van der Waals surface area contributed by atoms with Crippen LogP contribution in [0.3, 0.4) is 0 Å². The van der Waals surface area contributed by atoms with Crippen molar-refractivity contribution in [1.82, 2.24) is 0 Å². The molecular formula is C24H30Cl2Si2Zr. The molecule has 4 aromatic carbocycles. The summed E-state index contributed by atoms with van der Waals surface area (Å²) in [6, 6.07) is 26.6. The molecule has 0 fully saturated rings. The first-order valence-corrected chi connectivity index (χ1v) is 16.5. The van der Waals surface area contributed by atoms with Crippen LogP contribution in [-0.4, -0.2) is 16.1 Å². The van der Waals surface area contributed by atoms with Gasteiger partial charge in [0.1, 0.15) is 0 Å². The van der Waals surface area contributed by atoms with E-state index in [9.17, 15) is 0 Å². The third-order valence-corrected chi connectivity index (χ3v) is 9.01. The Kier molecular flexibility index (Phi) is 11.1. The molecule has 5 heteroatoms. The van der Waals surface area contributed by atoms with E-state index in [2.05, 4.69) is 112 Å². The van der Waals surface area contributed by atoms with Crippen molar-refractivity contribution >= 4 is 48.1 Å². The van der Waals surface area contributed by atoms with E-state index >= 15 is 0 Å². The fourth-order valence-electron chi connectivity index (χ4n) is 3.17. The Hall–Kier alpha value is -0.443. The Bertz CT molecular complexity index is 870. The quantitative estimate of drug-likeness (QED) is 0.254. The van der Waals surface area contributed by atoms with Gasteiger partial charge in [-0.25, -0.2) is 0 Å². The second kappa shape index (κ2) is 11.3. The maximum atomic E-state index is 2.39. The molecule has 0 saturated carbocycles. The normalized spacial score (nSPS) is 11.0. The van der Waals surface area contributed by atoms with Crippen LogP contribution in [0.25, 0.3) is 21.5 Å². The molecule has 0 amide bonds. The summed E-state index contributed by atoms with van der Waals surface area (Å²) in [5, 5.41) is 8.68. The molecule has 0 heterocycles. The molecule has 0 bridgehead atoms. The average molecular weight is 537 g/mol. The molecule has 0 aliphatic carbocycles. The predicted octanol–water partition coefficient (Wildman–Crippen LogP) is 0.213. The standard InChI is InChI=1S/2C12H15Si.2ClH.Zr/c2*1-13(2,3)12-8-10-6-4-5-7-11(10)9-12;;;/h2*4-9H,1-3H3;2*1H;/q2*-1;;;+4/p-2. The topological polar surface area (TPSA) is 0 Å². The third-order valence-electron chi connectivity index (χ3n) is 4.97. The molecule has 0 atom stereocenters. The van der Waals surface area contributed by atoms with Gasteiger partial charge in [-0.2, -0.15) is 22.9 Å². The molecule has 0 aromatic heterocycles. The molecule has 152 valence electrons. The van der Waals surface area contributed by atoms with E-state index in [0.717, 1.165) is 0 Å². The fraction of sp³-hybridized carbons (Fsp3) is 0.250. The van der Waals surface area contributed by atoms with Crippen molar-refractivity contribution in [2.75, 3.05) is 0 Å². The van der Waals surface area contributed by atoms with Crippen LogP contribution in [0.1, 0.15) is 0 Å². The van der Waals surface area contributed by atoms with Crippen LogP contribution in [-0.2, 0) is 26.2 Å². The maximum Gasteiger partial charge on any atom is 4.00 e. The van der Waals surface area contributed by atoms with Gasteiger partial charge in [-0.15, -0.1) is 69.7 Å². The van der Waals surface area contributed by atoms with E-state index < -0.39 is 16.1 Å². The number of halogens is 2. The van der Waals surface area contributed by atoms with Gasteiger partial charge in [0.2, 0.25) is 0 Å². The molecule has 0 nitrogen and oxygen atoms in total. The summed E-state index contributed by atoms with van der Waals surface area (Å²) in [5.41, 5.74) is 0. The second-order valence-electron chi connectivity index (χ2n) is 9.25. The van der Waals surface area contributed by atoms with Gasteiger partial charge in [0, 0.05) is 0 Å². The van der Waals surface area contributed by atoms with Gasteiger partial charge in [-0.1, -0.05) is 51.4 Å². The Balaban J connectivity index is 0.000000490. The van der Waals surface area contributed by atoms with Gasteiger partial charge in [-0.05, 0) is 0 Å². The number of rotatable bonds is 2. The number of benzene rings is 2. The number of hydrogen-bond acceptors (Lipinski definition) is 0. The third kappa shape index (κ3) is 7.33. The summed E-state index contributed by atoms with van der Waals surface area (Å²) in [6.07, 6.45) is 0. The summed E-state index contributed by atoms with van der Waals surface area (Å²) >= 11 is 0. The molecule has 0 spiro atoms. The minimum absolute atomic E-state index is 0. The van der Waals surface area contributed by atoms with Crippen LogP contribution in [0.2, 0.25) is 39.3 Å². The van der Waals surface area contributed by atoms with Crippen molar-refractivity contribution in [1.29, 1.82) is 0 Å². The summed E-state index contributed by atoms with van der Waals surface area (Å²) in [4.78, 5) is 0. The molecule has 29 heavy (non-hydrogen) atoms. The van der Waals surface area contributed by atoms with Gasteiger partial charge >= 0.3 is 26.2 Å². The van der Waals surface area contributed by atoms with Crippen LogP contribution < -0.4 is 35.2 Å². The first kappa shape index (κ1) is 28.6. The van der Waals surface area contributed by atoms with Gasteiger partial charge in [0.15, 0.2) is 0 Å². The van der Waals surface area contributed by atoms with Gasteiger partial charge in [0.05, 0.1) is 16.1 Å². The Morgan fingerprint density at radius 3 is 1.14 bits per heavy atom. The van der Waals surface area contributed by atoms with Gasteiger partial charge in [0.25, 0.3) is 0 Å². The second-order valence-corrected chi connectivity index (χ2v) is 19.4. The molecule has 0 aliphatic heterocycles. The van der Waals surface area contributed by atoms with Crippen LogP contribution in [0.4, 0.5) is 0 Å². The minimum atomic E-state index is -1.12. The molecule has 4 rings (SSSR count). The van der Waals surface area contributed by atoms with Crippen LogP contribution in [0, 0.1) is 0 Å². The summed E-state index contributed by atoms with van der Waals surface area (Å²) in [7, 11) is -2.23. The van der Waals surface area contributed by atoms with E-state index in [1.54, 1.807) is 10.4 Å². The van der Waals surface area contributed by atoms with Crippen LogP contribution in [0.5, 0.6) is 0 Å². The van der Waals surface area contributed by atoms with E-state index in [1.807, 2.05) is 0 Å². The molecule has 0 N–H and O–H groups in total. The molecular weight excluding hydrogens is 507 g/mol. The zero-order valence-corrected chi connectivity index (χ0v) is 24.2. The molecule has 0 saturated heterocycles. The van der Waals surface area contributed by atoms with Gasteiger partial charge in [-0.3, -0.25) is 0 Å². The number of fused-ring (bicyclic) bond motifs is 2. The molecule has 4 aromatic rings. The monoisotopic (exact) mass is 534 g/mol. The smallest absolute Gasteiger partial charge is 1.00 e. The van der Waals surface area contributed by atoms with E-state index in [4.69, 9.17) is 0 Å².